The second kappa shape index (κ2) is 6.38. The van der Waals surface area contributed by atoms with E-state index in [0.29, 0.717) is 11.1 Å². The van der Waals surface area contributed by atoms with Gasteiger partial charge in [0.15, 0.2) is 0 Å². The lowest BCUT2D eigenvalue weighted by Crippen LogP contribution is -2.29. The van der Waals surface area contributed by atoms with Crippen LogP contribution in [-0.4, -0.2) is 0 Å². The zero-order valence-corrected chi connectivity index (χ0v) is 16.3. The molecule has 0 heterocycles. The Kier molecular flexibility index (Phi) is 3.92. The van der Waals surface area contributed by atoms with Gasteiger partial charge in [0.25, 0.3) is 0 Å². The van der Waals surface area contributed by atoms with E-state index < -0.39 is 5.41 Å². The summed E-state index contributed by atoms with van der Waals surface area (Å²) in [5, 5.41) is 0. The molecule has 0 saturated carbocycles. The number of hydrogen-bond acceptors (Lipinski definition) is 0. The van der Waals surface area contributed by atoms with E-state index in [9.17, 15) is 8.78 Å². The molecule has 2 heteroatoms. The third-order valence-corrected chi connectivity index (χ3v) is 6.16. The molecule has 0 saturated heterocycles. The van der Waals surface area contributed by atoms with Crippen molar-refractivity contribution in [2.24, 2.45) is 0 Å². The predicted molar refractivity (Wildman–Crippen MR) is 113 cm³/mol. The van der Waals surface area contributed by atoms with Crippen LogP contribution in [0.15, 0.2) is 84.9 Å². The van der Waals surface area contributed by atoms with Crippen molar-refractivity contribution >= 4 is 0 Å². The Hall–Kier alpha value is -3.26. The van der Waals surface area contributed by atoms with Crippen LogP contribution in [0, 0.1) is 25.5 Å². The van der Waals surface area contributed by atoms with Crippen LogP contribution in [0.4, 0.5) is 8.78 Å². The molecule has 0 spiro atoms. The quantitative estimate of drug-likeness (QED) is 0.310. The first-order valence-corrected chi connectivity index (χ1v) is 9.76. The largest absolute Gasteiger partial charge is 0.207 e. The maximum atomic E-state index is 14.7. The summed E-state index contributed by atoms with van der Waals surface area (Å²) in [6, 6.07) is 27.1. The number of fused-ring (bicyclic) bond motifs is 3. The Morgan fingerprint density at radius 1 is 0.552 bits per heavy atom. The average Bonchev–Trinajstić information content (AvgIpc) is 3.04. The molecule has 4 aromatic rings. The van der Waals surface area contributed by atoms with Gasteiger partial charge in [0.05, 0.1) is 5.41 Å². The maximum absolute atomic E-state index is 14.7. The van der Waals surface area contributed by atoms with Gasteiger partial charge in [-0.15, -0.1) is 0 Å². The van der Waals surface area contributed by atoms with Crippen molar-refractivity contribution in [3.05, 3.63) is 130 Å². The van der Waals surface area contributed by atoms with Crippen molar-refractivity contribution in [2.75, 3.05) is 0 Å². The van der Waals surface area contributed by atoms with Crippen LogP contribution >= 0.6 is 0 Å². The van der Waals surface area contributed by atoms with Crippen LogP contribution in [0.1, 0.15) is 33.4 Å². The first-order valence-electron chi connectivity index (χ1n) is 9.76. The minimum atomic E-state index is -0.768. The fourth-order valence-electron chi connectivity index (χ4n) is 4.68. The summed E-state index contributed by atoms with van der Waals surface area (Å²) < 4.78 is 29.5. The predicted octanol–water partition coefficient (Wildman–Crippen LogP) is 6.94. The summed E-state index contributed by atoms with van der Waals surface area (Å²) in [6.45, 7) is 3.52. The lowest BCUT2D eigenvalue weighted by molar-refractivity contribution is 0.604. The molecule has 0 bridgehead atoms. The molecule has 1 aliphatic rings. The fourth-order valence-corrected chi connectivity index (χ4v) is 4.68. The Balaban J connectivity index is 1.97. The van der Waals surface area contributed by atoms with E-state index in [2.05, 4.69) is 24.3 Å². The number of rotatable bonds is 2. The molecular formula is C27H20F2. The van der Waals surface area contributed by atoms with Crippen LogP contribution in [-0.2, 0) is 5.41 Å². The van der Waals surface area contributed by atoms with Crippen molar-refractivity contribution < 1.29 is 8.78 Å². The van der Waals surface area contributed by atoms with Gasteiger partial charge in [-0.25, -0.2) is 8.78 Å². The van der Waals surface area contributed by atoms with Gasteiger partial charge in [0.2, 0.25) is 0 Å². The molecule has 0 amide bonds. The van der Waals surface area contributed by atoms with Crippen LogP contribution in [0.5, 0.6) is 0 Å². The summed E-state index contributed by atoms with van der Waals surface area (Å²) in [4.78, 5) is 0. The van der Waals surface area contributed by atoms with Gasteiger partial charge in [0, 0.05) is 0 Å². The van der Waals surface area contributed by atoms with E-state index in [4.69, 9.17) is 0 Å². The second-order valence-electron chi connectivity index (χ2n) is 7.77. The number of halogens is 2. The third-order valence-electron chi connectivity index (χ3n) is 6.16. The zero-order chi connectivity index (χ0) is 20.2. The highest BCUT2D eigenvalue weighted by atomic mass is 19.1. The second-order valence-corrected chi connectivity index (χ2v) is 7.77. The molecule has 1 aliphatic carbocycles. The number of benzene rings is 4. The summed E-state index contributed by atoms with van der Waals surface area (Å²) in [6.07, 6.45) is 0. The Labute approximate surface area is 169 Å². The minimum absolute atomic E-state index is 0.253. The molecule has 0 fully saturated rings. The normalized spacial score (nSPS) is 13.8. The highest BCUT2D eigenvalue weighted by molar-refractivity contribution is 5.86. The lowest BCUT2D eigenvalue weighted by atomic mass is 9.67. The topological polar surface area (TPSA) is 0 Å². The molecule has 0 N–H and O–H groups in total. The Bertz CT molecular complexity index is 1150. The summed E-state index contributed by atoms with van der Waals surface area (Å²) >= 11 is 0. The Morgan fingerprint density at radius 2 is 0.966 bits per heavy atom. The number of hydrogen-bond donors (Lipinski definition) is 0. The molecule has 142 valence electrons. The molecule has 29 heavy (non-hydrogen) atoms. The van der Waals surface area contributed by atoms with Gasteiger partial charge in [-0.1, -0.05) is 72.8 Å². The standard InChI is InChI=1S/C27H20F2/c1-17-11-13-19(15-25(17)28)27(20-14-12-18(2)26(29)16-20)23-9-5-3-7-21(23)22-8-4-6-10-24(22)27/h3-16H,1-2H3. The van der Waals surface area contributed by atoms with Crippen molar-refractivity contribution in [3.8, 4) is 11.1 Å². The monoisotopic (exact) mass is 382 g/mol. The summed E-state index contributed by atoms with van der Waals surface area (Å²) in [7, 11) is 0. The van der Waals surface area contributed by atoms with Gasteiger partial charge in [-0.05, 0) is 70.5 Å². The van der Waals surface area contributed by atoms with E-state index >= 15 is 0 Å². The lowest BCUT2D eigenvalue weighted by Gasteiger charge is -2.34. The molecular weight excluding hydrogens is 362 g/mol. The van der Waals surface area contributed by atoms with E-state index in [1.807, 2.05) is 36.4 Å². The van der Waals surface area contributed by atoms with Gasteiger partial charge in [-0.2, -0.15) is 0 Å². The molecule has 0 nitrogen and oxygen atoms in total. The summed E-state index contributed by atoms with van der Waals surface area (Å²) in [5.74, 6) is -0.507. The van der Waals surface area contributed by atoms with Gasteiger partial charge in [-0.3, -0.25) is 0 Å². The van der Waals surface area contributed by atoms with E-state index in [1.54, 1.807) is 38.1 Å². The maximum Gasteiger partial charge on any atom is 0.126 e. The molecule has 4 aromatic carbocycles. The van der Waals surface area contributed by atoms with Gasteiger partial charge in [0.1, 0.15) is 11.6 Å². The smallest absolute Gasteiger partial charge is 0.126 e. The Morgan fingerprint density at radius 3 is 1.38 bits per heavy atom. The highest BCUT2D eigenvalue weighted by Crippen LogP contribution is 2.56. The molecule has 0 radical (unpaired) electrons. The number of aryl methyl sites for hydroxylation is 2. The van der Waals surface area contributed by atoms with E-state index in [0.717, 1.165) is 33.4 Å². The fraction of sp³-hybridized carbons (Fsp3) is 0.111. The SMILES string of the molecule is Cc1ccc(C2(c3ccc(C)c(F)c3)c3ccccc3-c3ccccc32)cc1F. The van der Waals surface area contributed by atoms with Crippen LogP contribution in [0.25, 0.3) is 11.1 Å². The van der Waals surface area contributed by atoms with E-state index in [-0.39, 0.29) is 11.6 Å². The first kappa shape index (κ1) is 17.8. The minimum Gasteiger partial charge on any atom is -0.207 e. The molecule has 5 rings (SSSR count). The first-order chi connectivity index (χ1) is 14.0. The molecule has 0 atom stereocenters. The van der Waals surface area contributed by atoms with Gasteiger partial charge < -0.3 is 0 Å². The molecule has 0 unspecified atom stereocenters. The van der Waals surface area contributed by atoms with Crippen LogP contribution in [0.2, 0.25) is 0 Å². The average molecular weight is 382 g/mol. The van der Waals surface area contributed by atoms with Crippen molar-refractivity contribution in [1.82, 2.24) is 0 Å². The van der Waals surface area contributed by atoms with Crippen molar-refractivity contribution in [1.29, 1.82) is 0 Å². The summed E-state index contributed by atoms with van der Waals surface area (Å²) in [5.41, 5.74) is 6.34. The van der Waals surface area contributed by atoms with E-state index in [1.165, 1.54) is 0 Å². The third kappa shape index (κ3) is 2.42. The van der Waals surface area contributed by atoms with Crippen LogP contribution < -0.4 is 0 Å². The van der Waals surface area contributed by atoms with Crippen molar-refractivity contribution in [2.45, 2.75) is 19.3 Å². The zero-order valence-electron chi connectivity index (χ0n) is 16.3. The van der Waals surface area contributed by atoms with Crippen molar-refractivity contribution in [3.63, 3.8) is 0 Å². The molecule has 0 aromatic heterocycles. The van der Waals surface area contributed by atoms with Crippen LogP contribution in [0.3, 0.4) is 0 Å². The van der Waals surface area contributed by atoms with Gasteiger partial charge >= 0.3 is 0 Å². The highest BCUT2D eigenvalue weighted by Gasteiger charge is 2.46. The molecule has 0 aliphatic heterocycles.